The number of anilines is 1. The lowest BCUT2D eigenvalue weighted by atomic mass is 10.2. The first kappa shape index (κ1) is 12.2. The second-order valence-corrected chi connectivity index (χ2v) is 5.16. The Bertz CT molecular complexity index is 413. The van der Waals surface area contributed by atoms with Crippen molar-refractivity contribution >= 4 is 23.3 Å². The fraction of sp³-hybridized carbons (Fsp3) is 0.545. The Morgan fingerprint density at radius 3 is 3.12 bits per heavy atom. The van der Waals surface area contributed by atoms with Crippen LogP contribution in [-0.2, 0) is 0 Å². The summed E-state index contributed by atoms with van der Waals surface area (Å²) in [6.07, 6.45) is 7.05. The lowest BCUT2D eigenvalue weighted by Gasteiger charge is -2.19. The molecule has 6 heteroatoms. The smallest absolute Gasteiger partial charge is 0.311 e. The standard InChI is InChI=1S/C11H15N3O2S/c1-17-10-6-2-4-8(10)13-11-9(14(15)16)5-3-7-12-11/h3,5,7-8,10H,2,4,6H2,1H3,(H,12,13). The number of rotatable bonds is 4. The van der Waals surface area contributed by atoms with E-state index in [9.17, 15) is 10.1 Å². The predicted molar refractivity (Wildman–Crippen MR) is 69.5 cm³/mol. The van der Waals surface area contributed by atoms with E-state index in [1.807, 2.05) is 11.8 Å². The van der Waals surface area contributed by atoms with Crippen LogP contribution in [0, 0.1) is 10.1 Å². The van der Waals surface area contributed by atoms with E-state index in [2.05, 4.69) is 16.6 Å². The third-order valence-corrected chi connectivity index (χ3v) is 4.23. The van der Waals surface area contributed by atoms with Gasteiger partial charge in [0.25, 0.3) is 0 Å². The van der Waals surface area contributed by atoms with E-state index in [0.717, 1.165) is 6.42 Å². The Morgan fingerprint density at radius 1 is 1.59 bits per heavy atom. The number of hydrogen-bond donors (Lipinski definition) is 1. The van der Waals surface area contributed by atoms with Gasteiger partial charge in [0, 0.05) is 23.6 Å². The van der Waals surface area contributed by atoms with Crippen molar-refractivity contribution in [2.45, 2.75) is 30.6 Å². The molecule has 0 amide bonds. The van der Waals surface area contributed by atoms with E-state index in [0.29, 0.717) is 17.1 Å². The van der Waals surface area contributed by atoms with Gasteiger partial charge in [-0.3, -0.25) is 10.1 Å². The largest absolute Gasteiger partial charge is 0.360 e. The Balaban J connectivity index is 2.15. The summed E-state index contributed by atoms with van der Waals surface area (Å²) in [5.41, 5.74) is 0.0549. The maximum Gasteiger partial charge on any atom is 0.311 e. The topological polar surface area (TPSA) is 68.1 Å². The summed E-state index contributed by atoms with van der Waals surface area (Å²) >= 11 is 1.81. The van der Waals surface area contributed by atoms with E-state index in [1.165, 1.54) is 18.9 Å². The SMILES string of the molecule is CSC1CCCC1Nc1ncccc1[N+](=O)[O-]. The zero-order valence-corrected chi connectivity index (χ0v) is 10.4. The maximum atomic E-state index is 10.9. The summed E-state index contributed by atoms with van der Waals surface area (Å²) < 4.78 is 0. The highest BCUT2D eigenvalue weighted by molar-refractivity contribution is 7.99. The first-order valence-corrected chi connectivity index (χ1v) is 6.90. The van der Waals surface area contributed by atoms with Gasteiger partial charge in [-0.15, -0.1) is 0 Å². The highest BCUT2D eigenvalue weighted by Gasteiger charge is 2.28. The molecule has 1 aliphatic rings. The molecule has 0 aromatic carbocycles. The Kier molecular flexibility index (Phi) is 3.83. The Morgan fingerprint density at radius 2 is 2.41 bits per heavy atom. The van der Waals surface area contributed by atoms with Gasteiger partial charge in [-0.1, -0.05) is 6.42 Å². The fourth-order valence-electron chi connectivity index (χ4n) is 2.20. The fourth-order valence-corrected chi connectivity index (χ4v) is 3.14. The van der Waals surface area contributed by atoms with Gasteiger partial charge in [0.2, 0.25) is 5.82 Å². The number of nitrogens with one attached hydrogen (secondary N) is 1. The van der Waals surface area contributed by atoms with Crippen molar-refractivity contribution in [2.24, 2.45) is 0 Å². The van der Waals surface area contributed by atoms with Crippen molar-refractivity contribution < 1.29 is 4.92 Å². The van der Waals surface area contributed by atoms with Gasteiger partial charge in [-0.05, 0) is 25.2 Å². The molecule has 17 heavy (non-hydrogen) atoms. The lowest BCUT2D eigenvalue weighted by molar-refractivity contribution is -0.384. The van der Waals surface area contributed by atoms with Crippen LogP contribution in [0.15, 0.2) is 18.3 Å². The zero-order valence-electron chi connectivity index (χ0n) is 9.63. The number of thioether (sulfide) groups is 1. The molecule has 0 aliphatic heterocycles. The molecule has 1 aliphatic carbocycles. The van der Waals surface area contributed by atoms with Crippen LogP contribution in [0.4, 0.5) is 11.5 Å². The molecule has 2 unspecified atom stereocenters. The average Bonchev–Trinajstić information content (AvgIpc) is 2.77. The molecule has 0 spiro atoms. The summed E-state index contributed by atoms with van der Waals surface area (Å²) in [5, 5.41) is 14.6. The van der Waals surface area contributed by atoms with E-state index >= 15 is 0 Å². The van der Waals surface area contributed by atoms with Gasteiger partial charge >= 0.3 is 5.69 Å². The van der Waals surface area contributed by atoms with Crippen LogP contribution >= 0.6 is 11.8 Å². The van der Waals surface area contributed by atoms with Crippen molar-refractivity contribution in [1.29, 1.82) is 0 Å². The molecular weight excluding hydrogens is 238 g/mol. The monoisotopic (exact) mass is 253 g/mol. The highest BCUT2D eigenvalue weighted by atomic mass is 32.2. The number of hydrogen-bond acceptors (Lipinski definition) is 5. The second-order valence-electron chi connectivity index (χ2n) is 4.08. The predicted octanol–water partition coefficient (Wildman–Crippen LogP) is 2.69. The van der Waals surface area contributed by atoms with Crippen molar-refractivity contribution in [3.63, 3.8) is 0 Å². The van der Waals surface area contributed by atoms with E-state index in [-0.39, 0.29) is 5.69 Å². The average molecular weight is 253 g/mol. The molecule has 1 N–H and O–H groups in total. The van der Waals surface area contributed by atoms with Crippen LogP contribution in [0.5, 0.6) is 0 Å². The van der Waals surface area contributed by atoms with Crippen LogP contribution < -0.4 is 5.32 Å². The molecule has 92 valence electrons. The minimum absolute atomic E-state index is 0.0549. The first-order valence-electron chi connectivity index (χ1n) is 5.61. The van der Waals surface area contributed by atoms with Crippen molar-refractivity contribution in [3.8, 4) is 0 Å². The molecule has 1 fully saturated rings. The van der Waals surface area contributed by atoms with E-state index < -0.39 is 4.92 Å². The molecule has 5 nitrogen and oxygen atoms in total. The molecule has 1 aromatic heterocycles. The van der Waals surface area contributed by atoms with Gasteiger partial charge in [-0.25, -0.2) is 4.98 Å². The van der Waals surface area contributed by atoms with Crippen molar-refractivity contribution in [2.75, 3.05) is 11.6 Å². The Labute approximate surface area is 104 Å². The molecule has 1 heterocycles. The summed E-state index contributed by atoms with van der Waals surface area (Å²) in [6, 6.07) is 3.36. The third-order valence-electron chi connectivity index (χ3n) is 3.06. The number of nitro groups is 1. The highest BCUT2D eigenvalue weighted by Crippen LogP contribution is 2.32. The lowest BCUT2D eigenvalue weighted by Crippen LogP contribution is -2.26. The minimum atomic E-state index is -0.390. The van der Waals surface area contributed by atoms with Crippen molar-refractivity contribution in [1.82, 2.24) is 4.98 Å². The molecule has 1 aromatic rings. The molecule has 0 bridgehead atoms. The van der Waals surface area contributed by atoms with Gasteiger partial charge in [-0.2, -0.15) is 11.8 Å². The number of aromatic nitrogens is 1. The zero-order chi connectivity index (χ0) is 12.3. The molecular formula is C11H15N3O2S. The quantitative estimate of drug-likeness (QED) is 0.660. The molecule has 0 radical (unpaired) electrons. The summed E-state index contributed by atoms with van der Waals surface area (Å²) in [5.74, 6) is 0.392. The summed E-state index contributed by atoms with van der Waals surface area (Å²) in [7, 11) is 0. The van der Waals surface area contributed by atoms with Crippen LogP contribution in [0.2, 0.25) is 0 Å². The number of nitrogens with zero attached hydrogens (tertiary/aromatic N) is 2. The minimum Gasteiger partial charge on any atom is -0.360 e. The second kappa shape index (κ2) is 5.35. The third kappa shape index (κ3) is 2.69. The normalized spacial score (nSPS) is 23.6. The van der Waals surface area contributed by atoms with E-state index in [4.69, 9.17) is 0 Å². The first-order chi connectivity index (χ1) is 8.22. The maximum absolute atomic E-state index is 10.9. The van der Waals surface area contributed by atoms with Crippen LogP contribution in [0.25, 0.3) is 0 Å². The van der Waals surface area contributed by atoms with Gasteiger partial charge in [0.1, 0.15) is 0 Å². The Hall–Kier alpha value is -1.30. The van der Waals surface area contributed by atoms with Crippen LogP contribution in [0.1, 0.15) is 19.3 Å². The molecule has 0 saturated heterocycles. The van der Waals surface area contributed by atoms with Crippen LogP contribution in [0.3, 0.4) is 0 Å². The molecule has 1 saturated carbocycles. The summed E-state index contributed by atoms with van der Waals surface area (Å²) in [4.78, 5) is 14.5. The van der Waals surface area contributed by atoms with E-state index in [1.54, 1.807) is 12.3 Å². The van der Waals surface area contributed by atoms with Gasteiger partial charge in [0.05, 0.1) is 4.92 Å². The van der Waals surface area contributed by atoms with Gasteiger partial charge in [0.15, 0.2) is 0 Å². The van der Waals surface area contributed by atoms with Gasteiger partial charge < -0.3 is 5.32 Å². The summed E-state index contributed by atoms with van der Waals surface area (Å²) in [6.45, 7) is 0. The van der Waals surface area contributed by atoms with Crippen molar-refractivity contribution in [3.05, 3.63) is 28.4 Å². The molecule has 2 rings (SSSR count). The number of pyridine rings is 1. The van der Waals surface area contributed by atoms with Crippen LogP contribution in [-0.4, -0.2) is 27.5 Å². The molecule has 2 atom stereocenters.